The second-order valence-corrected chi connectivity index (χ2v) is 8.17. The molecule has 6 nitrogen and oxygen atoms in total. The molecule has 0 aliphatic carbocycles. The molecule has 1 atom stereocenters. The monoisotopic (exact) mass is 476 g/mol. The Balaban J connectivity index is 1.64. The molecule has 0 bridgehead atoms. The Morgan fingerprint density at radius 1 is 1.11 bits per heavy atom. The van der Waals surface area contributed by atoms with Crippen molar-refractivity contribution in [1.82, 2.24) is 10.3 Å². The van der Waals surface area contributed by atoms with Crippen LogP contribution in [0.15, 0.2) is 85.6 Å². The number of amides is 1. The summed E-state index contributed by atoms with van der Waals surface area (Å²) in [6.45, 7) is 3.25. The highest BCUT2D eigenvalue weighted by molar-refractivity contribution is 5.98. The van der Waals surface area contributed by atoms with Gasteiger partial charge in [0.1, 0.15) is 5.75 Å². The van der Waals surface area contributed by atoms with E-state index in [1.165, 1.54) is 12.1 Å². The fourth-order valence-electron chi connectivity index (χ4n) is 3.90. The number of carbonyl (C=O) groups excluding carboxylic acids is 1. The van der Waals surface area contributed by atoms with Gasteiger partial charge >= 0.3 is 6.11 Å². The van der Waals surface area contributed by atoms with E-state index in [9.17, 15) is 13.6 Å². The minimum absolute atomic E-state index is 0.0520. The van der Waals surface area contributed by atoms with E-state index in [1.807, 2.05) is 36.5 Å². The molecule has 0 spiro atoms. The zero-order valence-electron chi connectivity index (χ0n) is 18.9. The number of alkyl halides is 2. The number of ether oxygens (including phenoxy) is 1. The molecule has 1 aromatic heterocycles. The van der Waals surface area contributed by atoms with Crippen molar-refractivity contribution in [1.29, 1.82) is 0 Å². The first-order chi connectivity index (χ1) is 16.8. The average Bonchev–Trinajstić information content (AvgIpc) is 3.26. The molecule has 1 unspecified atom stereocenters. The van der Waals surface area contributed by atoms with Gasteiger partial charge in [-0.25, -0.2) is 0 Å². The summed E-state index contributed by atoms with van der Waals surface area (Å²) in [5, 5.41) is 3.89. The largest absolute Gasteiger partial charge is 0.429 e. The summed E-state index contributed by atoms with van der Waals surface area (Å²) in [5.41, 5.74) is 15.6. The van der Waals surface area contributed by atoms with E-state index in [2.05, 4.69) is 16.9 Å². The van der Waals surface area contributed by atoms with Crippen LogP contribution in [0.5, 0.6) is 5.75 Å². The number of H-pyrrole nitrogens is 1. The summed E-state index contributed by atoms with van der Waals surface area (Å²) in [6, 6.07) is 18.8. The quantitative estimate of drug-likeness (QED) is 0.204. The molecule has 180 valence electrons. The van der Waals surface area contributed by atoms with Crippen molar-refractivity contribution in [3.63, 3.8) is 0 Å². The number of nitrogens with one attached hydrogen (secondary N) is 2. The summed E-state index contributed by atoms with van der Waals surface area (Å²) in [7, 11) is 0. The van der Waals surface area contributed by atoms with Gasteiger partial charge in [0, 0.05) is 41.4 Å². The van der Waals surface area contributed by atoms with Gasteiger partial charge in [-0.15, -0.1) is 0 Å². The molecular weight excluding hydrogens is 450 g/mol. The van der Waals surface area contributed by atoms with Crippen LogP contribution < -0.4 is 21.5 Å². The lowest BCUT2D eigenvalue weighted by atomic mass is 10.0. The van der Waals surface area contributed by atoms with Crippen LogP contribution in [-0.4, -0.2) is 29.6 Å². The number of rotatable bonds is 9. The summed E-state index contributed by atoms with van der Waals surface area (Å²) < 4.78 is 32.8. The molecule has 35 heavy (non-hydrogen) atoms. The van der Waals surface area contributed by atoms with E-state index in [4.69, 9.17) is 16.2 Å². The van der Waals surface area contributed by atoms with Crippen molar-refractivity contribution in [2.75, 3.05) is 12.3 Å². The second-order valence-electron chi connectivity index (χ2n) is 8.17. The maximum absolute atomic E-state index is 14.0. The van der Waals surface area contributed by atoms with Gasteiger partial charge in [0.25, 0.3) is 5.91 Å². The highest BCUT2D eigenvalue weighted by Crippen LogP contribution is 2.31. The van der Waals surface area contributed by atoms with E-state index in [0.717, 1.165) is 22.0 Å². The molecule has 4 rings (SSSR count). The second kappa shape index (κ2) is 9.99. The number of para-hydroxylation sites is 1. The maximum atomic E-state index is 14.0. The zero-order chi connectivity index (χ0) is 25.0. The third kappa shape index (κ3) is 5.50. The summed E-state index contributed by atoms with van der Waals surface area (Å²) in [4.78, 5) is 16.5. The number of aromatic amines is 1. The molecule has 4 aromatic rings. The molecule has 6 N–H and O–H groups in total. The van der Waals surface area contributed by atoms with Gasteiger partial charge in [0.05, 0.1) is 5.56 Å². The number of hydrogen-bond acceptors (Lipinski definition) is 4. The Kier molecular flexibility index (Phi) is 6.84. The topological polar surface area (TPSA) is 106 Å². The molecule has 8 heteroatoms. The number of fused-ring (bicyclic) bond motifs is 1. The van der Waals surface area contributed by atoms with Crippen molar-refractivity contribution >= 4 is 22.5 Å². The third-order valence-corrected chi connectivity index (χ3v) is 5.69. The molecule has 0 aliphatic heterocycles. The number of anilines is 1. The predicted octanol–water partition coefficient (Wildman–Crippen LogP) is 4.87. The van der Waals surface area contributed by atoms with E-state index < -0.39 is 18.1 Å². The Morgan fingerprint density at radius 3 is 2.63 bits per heavy atom. The van der Waals surface area contributed by atoms with Gasteiger partial charge in [0.15, 0.2) is 0 Å². The Labute approximate surface area is 201 Å². The van der Waals surface area contributed by atoms with Crippen LogP contribution in [0.4, 0.5) is 14.5 Å². The minimum atomic E-state index is -3.65. The molecular formula is C27H26F2N4O2. The van der Waals surface area contributed by atoms with Crippen LogP contribution in [0.2, 0.25) is 0 Å². The van der Waals surface area contributed by atoms with Gasteiger partial charge in [-0.2, -0.15) is 8.78 Å². The molecule has 0 saturated heterocycles. The summed E-state index contributed by atoms with van der Waals surface area (Å²) in [6.07, 6.45) is -0.940. The highest BCUT2D eigenvalue weighted by atomic mass is 19.3. The Bertz CT molecular complexity index is 1370. The van der Waals surface area contributed by atoms with Crippen molar-refractivity contribution in [3.8, 4) is 16.9 Å². The fourth-order valence-corrected chi connectivity index (χ4v) is 3.90. The van der Waals surface area contributed by atoms with Crippen LogP contribution in [0.1, 0.15) is 15.9 Å². The summed E-state index contributed by atoms with van der Waals surface area (Å²) >= 11 is 0. The number of aromatic nitrogens is 1. The predicted molar refractivity (Wildman–Crippen MR) is 134 cm³/mol. The number of nitrogens with two attached hydrogens (primary N) is 2. The SMILES string of the molecule is C=CC(F)(F)Oc1ccc(-c2cccc(N)c2)cc1C(=O)NC(CN)Cc1c[nH]c2ccccc12. The van der Waals surface area contributed by atoms with Gasteiger partial charge in [-0.05, 0) is 53.4 Å². The lowest BCUT2D eigenvalue weighted by molar-refractivity contribution is -0.131. The van der Waals surface area contributed by atoms with Gasteiger partial charge in [-0.1, -0.05) is 43.0 Å². The third-order valence-electron chi connectivity index (χ3n) is 5.69. The molecule has 0 radical (unpaired) electrons. The first kappa shape index (κ1) is 24.0. The molecule has 1 amide bonds. The zero-order valence-corrected chi connectivity index (χ0v) is 18.9. The normalized spacial score (nSPS) is 12.3. The van der Waals surface area contributed by atoms with Gasteiger partial charge < -0.3 is 26.5 Å². The Morgan fingerprint density at radius 2 is 1.89 bits per heavy atom. The van der Waals surface area contributed by atoms with Crippen molar-refractivity contribution < 1.29 is 18.3 Å². The molecule has 0 fully saturated rings. The molecule has 1 heterocycles. The number of nitrogen functional groups attached to an aromatic ring is 1. The lowest BCUT2D eigenvalue weighted by Gasteiger charge is -2.20. The molecule has 0 aliphatic rings. The average molecular weight is 477 g/mol. The van der Waals surface area contributed by atoms with Crippen LogP contribution in [0, 0.1) is 0 Å². The lowest BCUT2D eigenvalue weighted by Crippen LogP contribution is -2.42. The fraction of sp³-hybridized carbons (Fsp3) is 0.148. The highest BCUT2D eigenvalue weighted by Gasteiger charge is 2.29. The van der Waals surface area contributed by atoms with Crippen LogP contribution in [0.3, 0.4) is 0 Å². The first-order valence-corrected chi connectivity index (χ1v) is 11.1. The molecule has 0 saturated carbocycles. The van der Waals surface area contributed by atoms with Gasteiger partial charge in [0.2, 0.25) is 0 Å². The van der Waals surface area contributed by atoms with Crippen molar-refractivity contribution in [2.45, 2.75) is 18.6 Å². The van der Waals surface area contributed by atoms with Crippen LogP contribution in [0.25, 0.3) is 22.0 Å². The Hall–Kier alpha value is -4.17. The minimum Gasteiger partial charge on any atom is -0.429 e. The van der Waals surface area contributed by atoms with Gasteiger partial charge in [-0.3, -0.25) is 4.79 Å². The number of hydrogen-bond donors (Lipinski definition) is 4. The van der Waals surface area contributed by atoms with E-state index in [1.54, 1.807) is 24.3 Å². The number of carbonyl (C=O) groups is 1. The van der Waals surface area contributed by atoms with Crippen molar-refractivity contribution in [2.24, 2.45) is 5.73 Å². The van der Waals surface area contributed by atoms with Crippen LogP contribution >= 0.6 is 0 Å². The van der Waals surface area contributed by atoms with E-state index >= 15 is 0 Å². The van der Waals surface area contributed by atoms with Crippen molar-refractivity contribution in [3.05, 3.63) is 96.7 Å². The molecule has 3 aromatic carbocycles. The van der Waals surface area contributed by atoms with E-state index in [-0.39, 0.29) is 17.9 Å². The smallest absolute Gasteiger partial charge is 0.419 e. The number of halogens is 2. The standard InChI is InChI=1S/C27H26F2N4O2/c1-2-27(28,29)35-25-11-10-18(17-6-5-7-20(31)12-17)14-23(25)26(34)33-21(15-30)13-19-16-32-24-9-4-3-8-22(19)24/h2-12,14,16,21,32H,1,13,15,30-31H2,(H,33,34). The summed E-state index contributed by atoms with van der Waals surface area (Å²) in [5.74, 6) is -0.858. The maximum Gasteiger partial charge on any atom is 0.419 e. The number of benzene rings is 3. The van der Waals surface area contributed by atoms with E-state index in [0.29, 0.717) is 23.7 Å². The first-order valence-electron chi connectivity index (χ1n) is 11.1. The van der Waals surface area contributed by atoms with Crippen LogP contribution in [-0.2, 0) is 6.42 Å².